The topological polar surface area (TPSA) is 193 Å². The summed E-state index contributed by atoms with van der Waals surface area (Å²) in [6, 6.07) is 3.77. The van der Waals surface area contributed by atoms with E-state index < -0.39 is 34.5 Å². The van der Waals surface area contributed by atoms with Crippen molar-refractivity contribution >= 4 is 232 Å². The first-order valence-electron chi connectivity index (χ1n) is 15.6. The number of carbonyl (C=O) groups excluding carboxylic acids is 4. The Morgan fingerprint density at radius 1 is 0.941 bits per heavy atom. The third-order valence-electron chi connectivity index (χ3n) is 7.53. The van der Waals surface area contributed by atoms with Crippen LogP contribution in [0.3, 0.4) is 0 Å². The van der Waals surface area contributed by atoms with Gasteiger partial charge in [0.25, 0.3) is 0 Å². The number of nitrogens with one attached hydrogen (secondary N) is 2. The van der Waals surface area contributed by atoms with Crippen LogP contribution in [0.15, 0.2) is 46.9 Å². The van der Waals surface area contributed by atoms with Crippen molar-refractivity contribution < 1.29 is 77.1 Å². The molecule has 51 heavy (non-hydrogen) atoms. The Balaban J connectivity index is 0. The van der Waals surface area contributed by atoms with Gasteiger partial charge in [0.1, 0.15) is 11.1 Å². The number of rotatable bonds is 7. The summed E-state index contributed by atoms with van der Waals surface area (Å²) in [7, 11) is 13.3. The van der Waals surface area contributed by atoms with E-state index in [2.05, 4.69) is 62.5 Å². The summed E-state index contributed by atoms with van der Waals surface area (Å²) in [5, 5.41) is 21.4. The van der Waals surface area contributed by atoms with Crippen LogP contribution in [0.4, 0.5) is 9.59 Å². The first-order chi connectivity index (χ1) is 23.6. The molecule has 4 rings (SSSR count). The van der Waals surface area contributed by atoms with Crippen LogP contribution in [-0.4, -0.2) is 219 Å². The molecule has 2 aliphatic rings. The molecule has 0 spiro atoms. The summed E-state index contributed by atoms with van der Waals surface area (Å²) in [6.07, 6.45) is 0.620. The Morgan fingerprint density at radius 3 is 1.61 bits per heavy atom. The van der Waals surface area contributed by atoms with Crippen LogP contribution in [0, 0.1) is 11.8 Å². The van der Waals surface area contributed by atoms with E-state index in [-0.39, 0.29) is 96.1 Å². The van der Waals surface area contributed by atoms with E-state index in [0.29, 0.717) is 6.42 Å². The summed E-state index contributed by atoms with van der Waals surface area (Å²) in [4.78, 5) is 63.9. The number of aliphatic imine (C=N–C) groups is 2. The number of aliphatic hydroxyl groups is 1. The van der Waals surface area contributed by atoms with E-state index in [9.17, 15) is 24.3 Å². The van der Waals surface area contributed by atoms with Crippen LogP contribution >= 0.6 is 54.5 Å². The molecule has 14 nitrogen and oxygen atoms in total. The molecule has 0 bridgehead atoms. The van der Waals surface area contributed by atoms with Gasteiger partial charge in [0.05, 0.1) is 11.8 Å². The van der Waals surface area contributed by atoms with Crippen molar-refractivity contribution in [3.8, 4) is 0 Å². The molecule has 2 aromatic heterocycles. The maximum atomic E-state index is 12.8. The molecule has 25 heteroatoms. The van der Waals surface area contributed by atoms with Gasteiger partial charge in [-0.3, -0.25) is 29.0 Å². The number of nitrogens with zero attached hydrogens (tertiary/aromatic N) is 7. The third-order valence-corrected chi connectivity index (χ3v) is 11.4. The molecule has 4 amide bonds. The minimum absolute atomic E-state index is 0. The fraction of sp³-hybridized carbons (Fsp3) is 0.462. The predicted molar refractivity (Wildman–Crippen MR) is 209 cm³/mol. The summed E-state index contributed by atoms with van der Waals surface area (Å²) in [5.74, 6) is -2.88. The van der Waals surface area contributed by atoms with E-state index in [0.717, 1.165) is 18.7 Å². The molecule has 4 heterocycles. The molecule has 0 saturated heterocycles. The zero-order chi connectivity index (χ0) is 38.4. The molecule has 0 saturated carbocycles. The van der Waals surface area contributed by atoms with E-state index >= 15 is 0 Å². The van der Waals surface area contributed by atoms with Crippen molar-refractivity contribution in [3.63, 3.8) is 0 Å². The van der Waals surface area contributed by atoms with Crippen LogP contribution in [-0.2, 0) is 20.7 Å². The fourth-order valence-corrected chi connectivity index (χ4v) is 8.31. The molecule has 0 unspecified atom stereocenters. The van der Waals surface area contributed by atoms with E-state index in [1.807, 2.05) is 36.7 Å². The fourth-order valence-electron chi connectivity index (χ4n) is 5.13. The first kappa shape index (κ1) is 56.2. The zero-order valence-corrected chi connectivity index (χ0v) is 50.7. The second-order valence-electron chi connectivity index (χ2n) is 10.6. The molecular formula is C26H30B2Br2K5N9O5S2. The number of hydrogen-bond acceptors (Lipinski definition) is 10. The number of carbonyl (C=O) groups is 4. The molecule has 0 aromatic carbocycles. The molecule has 4 atom stereocenters. The van der Waals surface area contributed by atoms with Crippen molar-refractivity contribution in [2.45, 2.75) is 37.8 Å². The molecule has 246 valence electrons. The monoisotopic (exact) mass is 987 g/mol. The van der Waals surface area contributed by atoms with Gasteiger partial charge >= 0.3 is 178 Å². The van der Waals surface area contributed by atoms with Gasteiger partial charge in [0.2, 0.25) is 39.4 Å². The number of azide groups is 1. The number of guanidine groups is 2. The summed E-state index contributed by atoms with van der Waals surface area (Å²) < 4.78 is 1.77. The van der Waals surface area contributed by atoms with Crippen molar-refractivity contribution in [2.24, 2.45) is 26.9 Å². The Bertz CT molecular complexity index is 1650. The van der Waals surface area contributed by atoms with E-state index in [4.69, 9.17) is 21.2 Å². The summed E-state index contributed by atoms with van der Waals surface area (Å²) in [5.41, 5.74) is 6.70. The van der Waals surface area contributed by atoms with Gasteiger partial charge in [-0.05, 0) is 76.2 Å². The van der Waals surface area contributed by atoms with Crippen LogP contribution in [0.1, 0.15) is 37.9 Å². The van der Waals surface area contributed by atoms with E-state index in [1.165, 1.54) is 173 Å². The van der Waals surface area contributed by atoms with Gasteiger partial charge in [0.15, 0.2) is 11.6 Å². The molecule has 2 aliphatic heterocycles. The molecule has 0 aliphatic carbocycles. The average molecular weight is 990 g/mol. The zero-order valence-electron chi connectivity index (χ0n) is 31.2. The second-order valence-corrected chi connectivity index (χ2v) is 14.2. The molecule has 0 fully saturated rings. The third kappa shape index (κ3) is 16.5. The summed E-state index contributed by atoms with van der Waals surface area (Å²) >= 11 is 14.7. The number of aliphatic hydroxyl groups excluding tert-OH is 1. The Morgan fingerprint density at radius 2 is 1.31 bits per heavy atom. The molecule has 4 radical (unpaired) electrons. The number of hydrogen-bond donors (Lipinski definition) is 3. The van der Waals surface area contributed by atoms with E-state index in [1.54, 1.807) is 0 Å². The summed E-state index contributed by atoms with van der Waals surface area (Å²) in [6.45, 7) is 3.69. The van der Waals surface area contributed by atoms with Gasteiger partial charge in [-0.15, -0.1) is 22.7 Å². The molecule has 2 aromatic rings. The van der Waals surface area contributed by atoms with Gasteiger partial charge in [0, 0.05) is 61.6 Å². The van der Waals surface area contributed by atoms with Gasteiger partial charge < -0.3 is 17.2 Å². The Labute approximate surface area is 459 Å². The Kier molecular flexibility index (Phi) is 31.5. The normalized spacial score (nSPS) is 22.2. The predicted octanol–water partition coefficient (Wildman–Crippen LogP) is -0.228. The number of halogens is 2. The Hall–Kier alpha value is 5.16. The number of amides is 4. The SMILES string of the molecule is [B]C(=O)NC1=N[C@](C)(c2cc(Br)cs2)[C@@H](CCN=[N+]=[N-])C(=O)N1C.[B]C(=O)NC1=N[C@](C)(c2cc(Br)cs2)[C@@H](CCO)C(=O)N1C.[H-].[K+].[K][K].[K][K]. The molecule has 3 N–H and O–H groups in total. The van der Waals surface area contributed by atoms with Crippen molar-refractivity contribution in [1.29, 1.82) is 0 Å². The van der Waals surface area contributed by atoms with Gasteiger partial charge in [-0.25, -0.2) is 9.98 Å². The van der Waals surface area contributed by atoms with Gasteiger partial charge in [-0.2, -0.15) is 0 Å². The quantitative estimate of drug-likeness (QED) is 0.149. The second kappa shape index (κ2) is 28.6. The van der Waals surface area contributed by atoms with Crippen LogP contribution in [0.25, 0.3) is 10.4 Å². The number of thiophene rings is 2. The van der Waals surface area contributed by atoms with Crippen molar-refractivity contribution in [1.82, 2.24) is 20.4 Å². The standard InChI is InChI=1S/C13H14BBrN6O2S.C13H15BBrN3O3S.5K.H/c1-13(9-5-7(15)6-24-9)8(3-4-17-20-16)10(22)21(2)12(19-13)18-11(14)23;1-13(9-5-7(15)6-22-9)8(3-4-19)10(20)18(2)12(17-13)16-11(14)21;;;;;;/h5-6,8H,3-4H2,1-2H3,(H,18,19,23);5-6,8,19H,3-4H2,1-2H3,(H,16,17,21);;;;;;/q;;;;;;+1;-1/t2*8-,13-;;;;;;/m00....../s1. The average Bonchev–Trinajstić information content (AvgIpc) is 3.73. The van der Waals surface area contributed by atoms with Crippen LogP contribution in [0.2, 0.25) is 0 Å². The van der Waals surface area contributed by atoms with Crippen LogP contribution < -0.4 is 62.0 Å². The minimum atomic E-state index is -0.900. The van der Waals surface area contributed by atoms with Crippen LogP contribution in [0.5, 0.6) is 0 Å². The first-order valence-corrected chi connectivity index (χ1v) is 50.9. The maximum absolute atomic E-state index is 12.8. The van der Waals surface area contributed by atoms with Gasteiger partial charge in [-0.1, -0.05) is 5.11 Å². The molecular weight excluding hydrogens is 959 g/mol. The van der Waals surface area contributed by atoms with Crippen molar-refractivity contribution in [3.05, 3.63) is 52.0 Å². The van der Waals surface area contributed by atoms with Crippen molar-refractivity contribution in [2.75, 3.05) is 27.2 Å².